The van der Waals surface area contributed by atoms with Gasteiger partial charge in [0.15, 0.2) is 9.84 Å². The predicted molar refractivity (Wildman–Crippen MR) is 147 cm³/mol. The van der Waals surface area contributed by atoms with Crippen molar-refractivity contribution < 1.29 is 23.1 Å². The topological polar surface area (TPSA) is 101 Å². The van der Waals surface area contributed by atoms with E-state index in [9.17, 15) is 23.1 Å². The van der Waals surface area contributed by atoms with Crippen LogP contribution in [-0.2, 0) is 24.8 Å². The van der Waals surface area contributed by atoms with E-state index < -0.39 is 38.9 Å². The SMILES string of the molecule is O=C(CC(c1ccccc1)(c1ccccc1)c1ccccc1)N[C@@H](CCS(=O)(=O)c1ccccc1)C(=O)O. The molecular weight excluding hydrogens is 498 g/mol. The van der Waals surface area contributed by atoms with Gasteiger partial charge in [-0.3, -0.25) is 4.79 Å². The fourth-order valence-electron chi connectivity index (χ4n) is 4.74. The lowest BCUT2D eigenvalue weighted by Gasteiger charge is -2.36. The molecule has 194 valence electrons. The van der Waals surface area contributed by atoms with Crippen molar-refractivity contribution in [3.05, 3.63) is 138 Å². The largest absolute Gasteiger partial charge is 0.480 e. The molecule has 0 bridgehead atoms. The van der Waals surface area contributed by atoms with E-state index in [1.165, 1.54) is 12.1 Å². The molecule has 0 spiro atoms. The van der Waals surface area contributed by atoms with Gasteiger partial charge < -0.3 is 10.4 Å². The molecule has 0 fully saturated rings. The van der Waals surface area contributed by atoms with Crippen LogP contribution in [0.1, 0.15) is 29.5 Å². The Morgan fingerprint density at radius 3 is 1.47 bits per heavy atom. The summed E-state index contributed by atoms with van der Waals surface area (Å²) in [5, 5.41) is 12.4. The number of amides is 1. The van der Waals surface area contributed by atoms with Crippen LogP contribution in [0.4, 0.5) is 0 Å². The summed E-state index contributed by atoms with van der Waals surface area (Å²) in [5.41, 5.74) is 1.75. The lowest BCUT2D eigenvalue weighted by molar-refractivity contribution is -0.142. The molecule has 0 aliphatic rings. The molecule has 0 saturated carbocycles. The van der Waals surface area contributed by atoms with Gasteiger partial charge in [-0.05, 0) is 35.2 Å². The molecular formula is C31H29NO5S. The van der Waals surface area contributed by atoms with Crippen molar-refractivity contribution in [2.24, 2.45) is 0 Å². The molecule has 0 aliphatic carbocycles. The monoisotopic (exact) mass is 527 g/mol. The van der Waals surface area contributed by atoms with Crippen LogP contribution in [-0.4, -0.2) is 37.2 Å². The Bertz CT molecular complexity index is 1360. The van der Waals surface area contributed by atoms with Crippen molar-refractivity contribution >= 4 is 21.7 Å². The minimum Gasteiger partial charge on any atom is -0.480 e. The average Bonchev–Trinajstić information content (AvgIpc) is 2.95. The van der Waals surface area contributed by atoms with Crippen LogP contribution in [0.3, 0.4) is 0 Å². The zero-order valence-electron chi connectivity index (χ0n) is 20.7. The number of carboxylic acid groups (broad SMARTS) is 1. The van der Waals surface area contributed by atoms with E-state index in [2.05, 4.69) is 5.32 Å². The molecule has 0 heterocycles. The van der Waals surface area contributed by atoms with Crippen molar-refractivity contribution in [1.29, 1.82) is 0 Å². The highest BCUT2D eigenvalue weighted by atomic mass is 32.2. The second-order valence-electron chi connectivity index (χ2n) is 9.06. The van der Waals surface area contributed by atoms with E-state index in [1.807, 2.05) is 91.0 Å². The van der Waals surface area contributed by atoms with E-state index >= 15 is 0 Å². The quantitative estimate of drug-likeness (QED) is 0.272. The molecule has 0 radical (unpaired) electrons. The van der Waals surface area contributed by atoms with E-state index in [-0.39, 0.29) is 17.7 Å². The molecule has 0 aliphatic heterocycles. The smallest absolute Gasteiger partial charge is 0.326 e. The van der Waals surface area contributed by atoms with E-state index in [1.54, 1.807) is 18.2 Å². The normalized spacial score (nSPS) is 12.4. The van der Waals surface area contributed by atoms with E-state index in [4.69, 9.17) is 0 Å². The molecule has 4 aromatic rings. The Morgan fingerprint density at radius 1 is 0.684 bits per heavy atom. The molecule has 7 heteroatoms. The first kappa shape index (κ1) is 26.8. The zero-order valence-corrected chi connectivity index (χ0v) is 21.6. The summed E-state index contributed by atoms with van der Waals surface area (Å²) in [5.74, 6) is -2.19. The minimum atomic E-state index is -3.70. The highest BCUT2D eigenvalue weighted by molar-refractivity contribution is 7.91. The maximum atomic E-state index is 13.6. The summed E-state index contributed by atoms with van der Waals surface area (Å²) >= 11 is 0. The molecule has 1 amide bonds. The van der Waals surface area contributed by atoms with Crippen molar-refractivity contribution in [3.63, 3.8) is 0 Å². The third-order valence-electron chi connectivity index (χ3n) is 6.64. The van der Waals surface area contributed by atoms with Crippen molar-refractivity contribution in [2.45, 2.75) is 29.2 Å². The average molecular weight is 528 g/mol. The standard InChI is InChI=1S/C31H29NO5S/c33-29(32-28(30(34)35)21-22-38(36,37)27-19-11-4-12-20-27)23-31(24-13-5-1-6-14-24,25-15-7-2-8-16-25)26-17-9-3-10-18-26/h1-20,28H,21-23H2,(H,32,33)(H,34,35)/t28-/m0/s1. The fraction of sp³-hybridized carbons (Fsp3) is 0.161. The molecule has 0 saturated heterocycles. The van der Waals surface area contributed by atoms with Gasteiger partial charge in [0.25, 0.3) is 0 Å². The molecule has 0 aromatic heterocycles. The summed E-state index contributed by atoms with van der Waals surface area (Å²) in [4.78, 5) is 25.7. The van der Waals surface area contributed by atoms with Crippen LogP contribution >= 0.6 is 0 Å². The first-order valence-corrected chi connectivity index (χ1v) is 13.9. The van der Waals surface area contributed by atoms with Gasteiger partial charge in [-0.25, -0.2) is 13.2 Å². The van der Waals surface area contributed by atoms with Gasteiger partial charge in [0.2, 0.25) is 5.91 Å². The zero-order chi connectivity index (χ0) is 27.0. The molecule has 2 N–H and O–H groups in total. The van der Waals surface area contributed by atoms with E-state index in [0.717, 1.165) is 16.7 Å². The molecule has 0 unspecified atom stereocenters. The Balaban J connectivity index is 1.65. The van der Waals surface area contributed by atoms with Crippen LogP contribution in [0.2, 0.25) is 0 Å². The summed E-state index contributed by atoms with van der Waals surface area (Å²) in [7, 11) is -3.70. The van der Waals surface area contributed by atoms with Crippen LogP contribution in [0.15, 0.2) is 126 Å². The Hall–Kier alpha value is -4.23. The minimum absolute atomic E-state index is 0.0692. The van der Waals surface area contributed by atoms with Crippen LogP contribution in [0.25, 0.3) is 0 Å². The molecule has 38 heavy (non-hydrogen) atoms. The van der Waals surface area contributed by atoms with Crippen LogP contribution in [0.5, 0.6) is 0 Å². The van der Waals surface area contributed by atoms with Gasteiger partial charge in [-0.2, -0.15) is 0 Å². The highest BCUT2D eigenvalue weighted by Gasteiger charge is 2.39. The fourth-order valence-corrected chi connectivity index (χ4v) is 6.09. The van der Waals surface area contributed by atoms with Crippen molar-refractivity contribution in [3.8, 4) is 0 Å². The molecule has 6 nitrogen and oxygen atoms in total. The number of carbonyl (C=O) groups excluding carboxylic acids is 1. The number of sulfone groups is 1. The summed E-state index contributed by atoms with van der Waals surface area (Å²) in [6, 6.07) is 35.4. The van der Waals surface area contributed by atoms with Crippen LogP contribution < -0.4 is 5.32 Å². The number of hydrogen-bond acceptors (Lipinski definition) is 4. The van der Waals surface area contributed by atoms with Crippen LogP contribution in [0, 0.1) is 0 Å². The number of hydrogen-bond donors (Lipinski definition) is 2. The van der Waals surface area contributed by atoms with Gasteiger partial charge >= 0.3 is 5.97 Å². The summed E-state index contributed by atoms with van der Waals surface area (Å²) < 4.78 is 25.4. The summed E-state index contributed by atoms with van der Waals surface area (Å²) in [6.07, 6.45) is -0.326. The Labute approximate surface area is 222 Å². The van der Waals surface area contributed by atoms with Gasteiger partial charge in [0.05, 0.1) is 16.1 Å². The molecule has 4 rings (SSSR count). The second kappa shape index (κ2) is 11.9. The molecule has 4 aromatic carbocycles. The van der Waals surface area contributed by atoms with Crippen molar-refractivity contribution in [1.82, 2.24) is 5.32 Å². The number of nitrogens with one attached hydrogen (secondary N) is 1. The van der Waals surface area contributed by atoms with E-state index in [0.29, 0.717) is 0 Å². The number of rotatable bonds is 11. The Kier molecular flexibility index (Phi) is 8.38. The van der Waals surface area contributed by atoms with Gasteiger partial charge in [0.1, 0.15) is 6.04 Å². The lowest BCUT2D eigenvalue weighted by atomic mass is 9.67. The lowest BCUT2D eigenvalue weighted by Crippen LogP contribution is -2.45. The number of carboxylic acids is 1. The number of aliphatic carboxylic acids is 1. The van der Waals surface area contributed by atoms with Gasteiger partial charge in [-0.1, -0.05) is 109 Å². The first-order valence-electron chi connectivity index (χ1n) is 12.3. The third-order valence-corrected chi connectivity index (χ3v) is 8.40. The third kappa shape index (κ3) is 6.01. The summed E-state index contributed by atoms with van der Waals surface area (Å²) in [6.45, 7) is 0. The molecule has 1 atom stereocenters. The highest BCUT2D eigenvalue weighted by Crippen LogP contribution is 2.42. The van der Waals surface area contributed by atoms with Crippen molar-refractivity contribution in [2.75, 3.05) is 5.75 Å². The predicted octanol–water partition coefficient (Wildman–Crippen LogP) is 4.84. The number of carbonyl (C=O) groups is 2. The maximum Gasteiger partial charge on any atom is 0.326 e. The second-order valence-corrected chi connectivity index (χ2v) is 11.2. The maximum absolute atomic E-state index is 13.6. The number of benzene rings is 4. The van der Waals surface area contributed by atoms with Gasteiger partial charge in [-0.15, -0.1) is 0 Å². The first-order chi connectivity index (χ1) is 18.3. The van der Waals surface area contributed by atoms with Gasteiger partial charge in [0, 0.05) is 6.42 Å². The Morgan fingerprint density at radius 2 is 1.08 bits per heavy atom.